The molecule has 8 heteroatoms. The SMILES string of the molecule is CCNC(=NCC(=O)N1CCCc2ccccc21)NCC(C)(O)CN1CCOCC1. The minimum atomic E-state index is -0.913. The molecule has 2 heterocycles. The number of rotatable bonds is 7. The van der Waals surface area contributed by atoms with Gasteiger partial charge in [0.05, 0.1) is 18.8 Å². The van der Waals surface area contributed by atoms with E-state index < -0.39 is 5.60 Å². The molecule has 2 aliphatic rings. The summed E-state index contributed by atoms with van der Waals surface area (Å²) in [5, 5.41) is 17.1. The lowest BCUT2D eigenvalue weighted by atomic mass is 10.0. The zero-order chi connectivity index (χ0) is 21.4. The number of para-hydroxylation sites is 1. The predicted octanol–water partition coefficient (Wildman–Crippen LogP) is 0.604. The Bertz CT molecular complexity index is 731. The molecule has 0 aliphatic carbocycles. The second-order valence-electron chi connectivity index (χ2n) is 8.21. The van der Waals surface area contributed by atoms with Crippen molar-refractivity contribution in [1.82, 2.24) is 15.5 Å². The van der Waals surface area contributed by atoms with Crippen LogP contribution in [0.1, 0.15) is 25.8 Å². The minimum Gasteiger partial charge on any atom is -0.387 e. The average molecular weight is 418 g/mol. The van der Waals surface area contributed by atoms with Crippen molar-refractivity contribution in [2.75, 3.05) is 63.9 Å². The van der Waals surface area contributed by atoms with Crippen molar-refractivity contribution in [3.05, 3.63) is 29.8 Å². The summed E-state index contributed by atoms with van der Waals surface area (Å²) in [6.07, 6.45) is 1.97. The fourth-order valence-corrected chi connectivity index (χ4v) is 3.94. The Balaban J connectivity index is 1.55. The molecular weight excluding hydrogens is 382 g/mol. The highest BCUT2D eigenvalue weighted by atomic mass is 16.5. The van der Waals surface area contributed by atoms with Crippen LogP contribution in [-0.2, 0) is 16.0 Å². The summed E-state index contributed by atoms with van der Waals surface area (Å²) in [6.45, 7) is 9.23. The summed E-state index contributed by atoms with van der Waals surface area (Å²) in [5.74, 6) is 0.526. The second-order valence-corrected chi connectivity index (χ2v) is 8.21. The van der Waals surface area contributed by atoms with Gasteiger partial charge in [-0.3, -0.25) is 9.69 Å². The maximum Gasteiger partial charge on any atom is 0.248 e. The number of amides is 1. The first kappa shape index (κ1) is 22.5. The highest BCUT2D eigenvalue weighted by Crippen LogP contribution is 2.26. The maximum absolute atomic E-state index is 12.8. The summed E-state index contributed by atoms with van der Waals surface area (Å²) in [7, 11) is 0. The van der Waals surface area contributed by atoms with E-state index in [9.17, 15) is 9.90 Å². The average Bonchev–Trinajstić information content (AvgIpc) is 2.75. The number of carbonyl (C=O) groups excluding carboxylic acids is 1. The Labute approximate surface area is 179 Å². The number of morpholine rings is 1. The number of aryl methyl sites for hydroxylation is 1. The van der Waals surface area contributed by atoms with Crippen LogP contribution in [0.25, 0.3) is 0 Å². The number of hydrogen-bond acceptors (Lipinski definition) is 5. The molecule has 3 N–H and O–H groups in total. The quantitative estimate of drug-likeness (QED) is 0.445. The second kappa shape index (κ2) is 10.7. The van der Waals surface area contributed by atoms with E-state index in [0.717, 1.165) is 38.2 Å². The fraction of sp³-hybridized carbons (Fsp3) is 0.636. The van der Waals surface area contributed by atoms with Crippen molar-refractivity contribution < 1.29 is 14.6 Å². The number of guanidine groups is 1. The van der Waals surface area contributed by atoms with Crippen molar-refractivity contribution >= 4 is 17.6 Å². The third-order valence-electron chi connectivity index (χ3n) is 5.43. The topological polar surface area (TPSA) is 89.4 Å². The van der Waals surface area contributed by atoms with Crippen LogP contribution in [0.5, 0.6) is 0 Å². The van der Waals surface area contributed by atoms with Gasteiger partial charge in [-0.15, -0.1) is 0 Å². The van der Waals surface area contributed by atoms with Gasteiger partial charge in [0.1, 0.15) is 6.54 Å². The van der Waals surface area contributed by atoms with Gasteiger partial charge in [0, 0.05) is 45.0 Å². The van der Waals surface area contributed by atoms with E-state index in [-0.39, 0.29) is 12.5 Å². The fourth-order valence-electron chi connectivity index (χ4n) is 3.94. The van der Waals surface area contributed by atoms with Crippen LogP contribution >= 0.6 is 0 Å². The van der Waals surface area contributed by atoms with Crippen molar-refractivity contribution in [2.24, 2.45) is 4.99 Å². The van der Waals surface area contributed by atoms with Crippen molar-refractivity contribution in [1.29, 1.82) is 0 Å². The molecule has 1 unspecified atom stereocenters. The molecule has 1 atom stereocenters. The zero-order valence-electron chi connectivity index (χ0n) is 18.2. The molecule has 2 aliphatic heterocycles. The molecule has 1 aromatic carbocycles. The van der Waals surface area contributed by atoms with Crippen LogP contribution < -0.4 is 15.5 Å². The number of β-amino-alcohol motifs (C(OH)–C–C–N with tert-alkyl or cyclic N) is 1. The number of ether oxygens (including phenoxy) is 1. The third-order valence-corrected chi connectivity index (χ3v) is 5.43. The molecule has 8 nitrogen and oxygen atoms in total. The lowest BCUT2D eigenvalue weighted by molar-refractivity contribution is -0.117. The zero-order valence-corrected chi connectivity index (χ0v) is 18.2. The van der Waals surface area contributed by atoms with Gasteiger partial charge >= 0.3 is 0 Å². The summed E-state index contributed by atoms with van der Waals surface area (Å²) in [5.41, 5.74) is 1.30. The van der Waals surface area contributed by atoms with Gasteiger partial charge in [0.2, 0.25) is 5.91 Å². The Morgan fingerprint density at radius 2 is 2.00 bits per heavy atom. The van der Waals surface area contributed by atoms with Crippen LogP contribution in [0, 0.1) is 0 Å². The lowest BCUT2D eigenvalue weighted by Gasteiger charge is -2.34. The molecule has 1 aromatic rings. The Hall–Kier alpha value is -2.16. The van der Waals surface area contributed by atoms with Gasteiger partial charge in [-0.25, -0.2) is 4.99 Å². The standard InChI is InChI=1S/C22H35N5O3/c1-3-23-21(25-16-22(2,29)17-26-11-13-30-14-12-26)24-15-20(28)27-10-6-8-18-7-4-5-9-19(18)27/h4-5,7,9,29H,3,6,8,10-17H2,1-2H3,(H2,23,24,25). The van der Waals surface area contributed by atoms with Crippen LogP contribution in [0.4, 0.5) is 5.69 Å². The minimum absolute atomic E-state index is 0.0144. The van der Waals surface area contributed by atoms with Crippen LogP contribution in [0.3, 0.4) is 0 Å². The van der Waals surface area contributed by atoms with Gasteiger partial charge in [-0.2, -0.15) is 0 Å². The number of nitrogens with zero attached hydrogens (tertiary/aromatic N) is 3. The van der Waals surface area contributed by atoms with E-state index in [2.05, 4.69) is 26.6 Å². The molecule has 0 spiro atoms. The number of hydrogen-bond donors (Lipinski definition) is 3. The van der Waals surface area contributed by atoms with E-state index in [1.165, 1.54) is 5.56 Å². The van der Waals surface area contributed by atoms with Crippen LogP contribution in [0.15, 0.2) is 29.3 Å². The normalized spacial score (nSPS) is 19.7. The van der Waals surface area contributed by atoms with Crippen LogP contribution in [-0.4, -0.2) is 86.5 Å². The van der Waals surface area contributed by atoms with Gasteiger partial charge in [0.25, 0.3) is 0 Å². The van der Waals surface area contributed by atoms with Gasteiger partial charge in [0.15, 0.2) is 5.96 Å². The first-order valence-electron chi connectivity index (χ1n) is 10.9. The number of carbonyl (C=O) groups is 1. The number of aliphatic hydroxyl groups is 1. The molecule has 0 saturated carbocycles. The lowest BCUT2D eigenvalue weighted by Crippen LogP contribution is -2.53. The van der Waals surface area contributed by atoms with Gasteiger partial charge < -0.3 is 25.4 Å². The van der Waals surface area contributed by atoms with E-state index in [4.69, 9.17) is 4.74 Å². The molecule has 1 saturated heterocycles. The molecule has 1 fully saturated rings. The number of benzene rings is 1. The summed E-state index contributed by atoms with van der Waals surface area (Å²) < 4.78 is 5.37. The first-order valence-corrected chi connectivity index (χ1v) is 10.9. The van der Waals surface area contributed by atoms with Crippen molar-refractivity contribution in [3.8, 4) is 0 Å². The monoisotopic (exact) mass is 417 g/mol. The number of anilines is 1. The van der Waals surface area contributed by atoms with E-state index in [0.29, 0.717) is 38.8 Å². The number of aliphatic imine (C=N–C) groups is 1. The van der Waals surface area contributed by atoms with Crippen molar-refractivity contribution in [2.45, 2.75) is 32.3 Å². The first-order chi connectivity index (χ1) is 14.5. The molecule has 3 rings (SSSR count). The molecule has 166 valence electrons. The van der Waals surface area contributed by atoms with Crippen molar-refractivity contribution in [3.63, 3.8) is 0 Å². The Morgan fingerprint density at radius 3 is 2.77 bits per heavy atom. The number of fused-ring (bicyclic) bond motifs is 1. The molecular formula is C22H35N5O3. The molecule has 0 radical (unpaired) electrons. The number of nitrogens with one attached hydrogen (secondary N) is 2. The summed E-state index contributed by atoms with van der Waals surface area (Å²) in [6, 6.07) is 8.07. The maximum atomic E-state index is 12.8. The van der Waals surface area contributed by atoms with E-state index in [1.807, 2.05) is 36.9 Å². The van der Waals surface area contributed by atoms with E-state index >= 15 is 0 Å². The van der Waals surface area contributed by atoms with Gasteiger partial charge in [-0.1, -0.05) is 18.2 Å². The highest BCUT2D eigenvalue weighted by Gasteiger charge is 2.26. The smallest absolute Gasteiger partial charge is 0.248 e. The van der Waals surface area contributed by atoms with E-state index in [1.54, 1.807) is 0 Å². The predicted molar refractivity (Wildman–Crippen MR) is 119 cm³/mol. The van der Waals surface area contributed by atoms with Crippen LogP contribution in [0.2, 0.25) is 0 Å². The largest absolute Gasteiger partial charge is 0.387 e. The molecule has 1 amide bonds. The molecule has 0 bridgehead atoms. The summed E-state index contributed by atoms with van der Waals surface area (Å²) >= 11 is 0. The molecule has 30 heavy (non-hydrogen) atoms. The summed E-state index contributed by atoms with van der Waals surface area (Å²) in [4.78, 5) is 21.3. The molecule has 0 aromatic heterocycles. The Kier molecular flexibility index (Phi) is 8.07. The third kappa shape index (κ3) is 6.42. The highest BCUT2D eigenvalue weighted by molar-refractivity contribution is 5.97. The Morgan fingerprint density at radius 1 is 1.23 bits per heavy atom. The van der Waals surface area contributed by atoms with Gasteiger partial charge in [-0.05, 0) is 38.3 Å².